The number of nitrogens with zero attached hydrogens (tertiary/aromatic N) is 2. The van der Waals surface area contributed by atoms with E-state index in [0.717, 1.165) is 38.2 Å². The van der Waals surface area contributed by atoms with Crippen molar-refractivity contribution in [1.82, 2.24) is 20.5 Å². The third kappa shape index (κ3) is 6.63. The van der Waals surface area contributed by atoms with E-state index in [1.807, 2.05) is 11.8 Å². The third-order valence-corrected chi connectivity index (χ3v) is 6.76. The lowest BCUT2D eigenvalue weighted by Gasteiger charge is -2.31. The van der Waals surface area contributed by atoms with Gasteiger partial charge in [0, 0.05) is 36.6 Å². The fourth-order valence-electron chi connectivity index (χ4n) is 4.73. The summed E-state index contributed by atoms with van der Waals surface area (Å²) in [5.41, 5.74) is -2.55. The molecule has 2 heterocycles. The number of alkyl halides is 6. The lowest BCUT2D eigenvalue weighted by molar-refractivity contribution is -0.137. The maximum absolute atomic E-state index is 13.8. The summed E-state index contributed by atoms with van der Waals surface area (Å²) < 4.78 is 81.0. The van der Waals surface area contributed by atoms with Gasteiger partial charge >= 0.3 is 6.18 Å². The summed E-state index contributed by atoms with van der Waals surface area (Å²) in [6.07, 6.45) is 0.428. The fraction of sp³-hybridized carbons (Fsp3) is 0.345. The van der Waals surface area contributed by atoms with Gasteiger partial charge in [0.15, 0.2) is 5.67 Å². The van der Waals surface area contributed by atoms with Gasteiger partial charge in [-0.15, -0.1) is 0 Å². The van der Waals surface area contributed by atoms with Gasteiger partial charge in [-0.25, -0.2) is 13.2 Å². The normalized spacial score (nSPS) is 18.6. The number of hydrogen-bond donors (Lipinski definition) is 2. The summed E-state index contributed by atoms with van der Waals surface area (Å²) in [5, 5.41) is 4.92. The first-order valence-electron chi connectivity index (χ1n) is 12.8. The second kappa shape index (κ2) is 11.4. The average Bonchev–Trinajstić information content (AvgIpc) is 3.28. The molecule has 2 amide bonds. The summed E-state index contributed by atoms with van der Waals surface area (Å²) in [7, 11) is 0. The molecule has 0 spiro atoms. The minimum absolute atomic E-state index is 0.213. The van der Waals surface area contributed by atoms with E-state index in [9.17, 15) is 35.9 Å². The van der Waals surface area contributed by atoms with Crippen molar-refractivity contribution in [3.05, 3.63) is 94.5 Å². The molecule has 1 aromatic heterocycles. The Balaban J connectivity index is 1.56. The number of allylic oxidation sites excluding steroid dienone is 1. The lowest BCUT2D eigenvalue weighted by Crippen LogP contribution is -2.38. The van der Waals surface area contributed by atoms with Gasteiger partial charge in [-0.3, -0.25) is 14.6 Å². The summed E-state index contributed by atoms with van der Waals surface area (Å²) >= 11 is 0. The molecule has 2 aromatic rings. The van der Waals surface area contributed by atoms with E-state index < -0.39 is 46.9 Å². The average molecular weight is 579 g/mol. The first-order chi connectivity index (χ1) is 19.2. The van der Waals surface area contributed by atoms with Crippen molar-refractivity contribution in [2.24, 2.45) is 5.92 Å². The number of halogens is 6. The Morgan fingerprint density at radius 3 is 2.46 bits per heavy atom. The van der Waals surface area contributed by atoms with Crippen LogP contribution in [0.5, 0.6) is 0 Å². The van der Waals surface area contributed by atoms with Gasteiger partial charge in [0.25, 0.3) is 18.2 Å². The highest BCUT2D eigenvalue weighted by Crippen LogP contribution is 2.39. The molecule has 2 aliphatic rings. The number of aromatic nitrogens is 1. The highest BCUT2D eigenvalue weighted by molar-refractivity contribution is 5.97. The first kappa shape index (κ1) is 29.9. The maximum Gasteiger partial charge on any atom is 0.416 e. The summed E-state index contributed by atoms with van der Waals surface area (Å²) in [6.45, 7) is 4.29. The van der Waals surface area contributed by atoms with E-state index in [1.165, 1.54) is 6.07 Å². The van der Waals surface area contributed by atoms with Crippen LogP contribution in [0.25, 0.3) is 5.70 Å². The number of likely N-dealkylation sites (N-methyl/N-ethyl adjacent to an activating group) is 1. The topological polar surface area (TPSA) is 74.3 Å². The molecule has 2 atom stereocenters. The zero-order valence-corrected chi connectivity index (χ0v) is 22.4. The monoisotopic (exact) mass is 578 g/mol. The molecule has 12 heteroatoms. The molecule has 2 N–H and O–H groups in total. The third-order valence-electron chi connectivity index (χ3n) is 6.76. The van der Waals surface area contributed by atoms with Gasteiger partial charge in [0.2, 0.25) is 0 Å². The number of fused-ring (bicyclic) bond motifs is 1. The number of hydrogen-bond acceptors (Lipinski definition) is 4. The van der Waals surface area contributed by atoms with Crippen molar-refractivity contribution in [1.29, 1.82) is 0 Å². The van der Waals surface area contributed by atoms with Crippen molar-refractivity contribution in [3.63, 3.8) is 0 Å². The molecule has 2 unspecified atom stereocenters. The quantitative estimate of drug-likeness (QED) is 0.380. The molecule has 0 bridgehead atoms. The second-order valence-corrected chi connectivity index (χ2v) is 10.2. The summed E-state index contributed by atoms with van der Waals surface area (Å²) in [6, 6.07) is 5.98. The maximum atomic E-state index is 13.8. The van der Waals surface area contributed by atoms with Crippen LogP contribution in [-0.4, -0.2) is 40.0 Å². The Morgan fingerprint density at radius 1 is 1.10 bits per heavy atom. The largest absolute Gasteiger partial charge is 0.416 e. The molecule has 4 rings (SSSR count). The van der Waals surface area contributed by atoms with Crippen LogP contribution in [0.2, 0.25) is 0 Å². The SMILES string of the molecule is CCN1C(c2cccc(C(F)(F)F)c2)=CC2C=C(NC(=O)c3cc(CNC(=O)C(C)(C)F)cnc3C(F)F)C=CC21. The van der Waals surface area contributed by atoms with Gasteiger partial charge in [-0.05, 0) is 56.2 Å². The molecule has 1 aliphatic carbocycles. The van der Waals surface area contributed by atoms with Gasteiger partial charge < -0.3 is 15.5 Å². The standard InChI is InChI=1S/C29H28F6N4O2/c1-4-39-22-9-8-20(12-18(22)13-23(39)17-6-5-7-19(11-17)29(33,34)35)38-26(40)21-10-16(14-36-24(21)25(30)31)15-37-27(41)28(2,3)32/h5-14,18,22,25H,4,15H2,1-3H3,(H,37,41)(H,38,40). The van der Waals surface area contributed by atoms with Crippen LogP contribution in [0.15, 0.2) is 66.5 Å². The van der Waals surface area contributed by atoms with Crippen molar-refractivity contribution >= 4 is 17.5 Å². The van der Waals surface area contributed by atoms with Crippen LogP contribution in [0.4, 0.5) is 26.3 Å². The van der Waals surface area contributed by atoms with E-state index in [-0.39, 0.29) is 24.1 Å². The number of carbonyl (C=O) groups excluding carboxylic acids is 2. The van der Waals surface area contributed by atoms with Crippen LogP contribution in [0.3, 0.4) is 0 Å². The Labute approximate surface area is 232 Å². The van der Waals surface area contributed by atoms with E-state index in [1.54, 1.807) is 30.4 Å². The molecule has 1 aromatic carbocycles. The predicted molar refractivity (Wildman–Crippen MR) is 140 cm³/mol. The number of nitrogens with one attached hydrogen (secondary N) is 2. The van der Waals surface area contributed by atoms with Crippen molar-refractivity contribution in [2.75, 3.05) is 6.54 Å². The van der Waals surface area contributed by atoms with E-state index >= 15 is 0 Å². The Kier molecular flexibility index (Phi) is 8.32. The zero-order valence-electron chi connectivity index (χ0n) is 22.4. The molecule has 218 valence electrons. The van der Waals surface area contributed by atoms with Crippen LogP contribution < -0.4 is 10.6 Å². The van der Waals surface area contributed by atoms with Gasteiger partial charge in [-0.1, -0.05) is 30.4 Å². The van der Waals surface area contributed by atoms with E-state index in [0.29, 0.717) is 23.5 Å². The molecule has 0 radical (unpaired) electrons. The van der Waals surface area contributed by atoms with Crippen molar-refractivity contribution in [2.45, 2.75) is 51.6 Å². The smallest absolute Gasteiger partial charge is 0.364 e. The Bertz CT molecular complexity index is 1430. The zero-order chi connectivity index (χ0) is 30.1. The number of amides is 2. The van der Waals surface area contributed by atoms with Crippen LogP contribution in [-0.2, 0) is 17.5 Å². The molecule has 6 nitrogen and oxygen atoms in total. The molecule has 0 saturated carbocycles. The summed E-state index contributed by atoms with van der Waals surface area (Å²) in [4.78, 5) is 30.5. The molecular weight excluding hydrogens is 550 g/mol. The first-order valence-corrected chi connectivity index (χ1v) is 12.8. The van der Waals surface area contributed by atoms with Crippen molar-refractivity contribution < 1.29 is 35.9 Å². The predicted octanol–water partition coefficient (Wildman–Crippen LogP) is 5.95. The summed E-state index contributed by atoms with van der Waals surface area (Å²) in [5.74, 6) is -2.09. The molecule has 0 saturated heterocycles. The fourth-order valence-corrected chi connectivity index (χ4v) is 4.73. The highest BCUT2D eigenvalue weighted by atomic mass is 19.4. The van der Waals surface area contributed by atoms with Crippen LogP contribution in [0.1, 0.15) is 59.9 Å². The Morgan fingerprint density at radius 2 is 1.83 bits per heavy atom. The van der Waals surface area contributed by atoms with E-state index in [4.69, 9.17) is 0 Å². The van der Waals surface area contributed by atoms with Crippen LogP contribution in [0, 0.1) is 5.92 Å². The minimum Gasteiger partial charge on any atom is -0.364 e. The molecule has 1 aliphatic heterocycles. The van der Waals surface area contributed by atoms with E-state index in [2.05, 4.69) is 15.6 Å². The van der Waals surface area contributed by atoms with Crippen LogP contribution >= 0.6 is 0 Å². The minimum atomic E-state index is -4.49. The number of rotatable bonds is 8. The Hall–Kier alpha value is -4.09. The molecular formula is C29H28F6N4O2. The highest BCUT2D eigenvalue weighted by Gasteiger charge is 2.35. The lowest BCUT2D eigenvalue weighted by atomic mass is 9.95. The second-order valence-electron chi connectivity index (χ2n) is 10.2. The van der Waals surface area contributed by atoms with Gasteiger partial charge in [-0.2, -0.15) is 13.2 Å². The number of benzene rings is 1. The number of pyridine rings is 1. The molecule has 41 heavy (non-hydrogen) atoms. The molecule has 0 fully saturated rings. The van der Waals surface area contributed by atoms with Crippen molar-refractivity contribution in [3.8, 4) is 0 Å². The van der Waals surface area contributed by atoms with Gasteiger partial charge in [0.1, 0.15) is 5.69 Å². The number of carbonyl (C=O) groups is 2. The van der Waals surface area contributed by atoms with Gasteiger partial charge in [0.05, 0.1) is 17.2 Å².